The number of epoxide rings is 1. The number of aromatic nitrogens is 8. The van der Waals surface area contributed by atoms with E-state index in [1.807, 2.05) is 92.7 Å². The number of benzene rings is 4. The minimum atomic E-state index is -1.03. The fraction of sp³-hybridized carbons (Fsp3) is 0.403. The van der Waals surface area contributed by atoms with Crippen LogP contribution >= 0.6 is 22.7 Å². The van der Waals surface area contributed by atoms with Gasteiger partial charge in [-0.3, -0.25) is 14.5 Å². The van der Waals surface area contributed by atoms with Gasteiger partial charge in [-0.25, -0.2) is 14.0 Å². The van der Waals surface area contributed by atoms with Gasteiger partial charge >= 0.3 is 12.2 Å². The summed E-state index contributed by atoms with van der Waals surface area (Å²) in [5.74, 6) is -1.18. The fourth-order valence-corrected chi connectivity index (χ4v) is 11.5. The lowest BCUT2D eigenvalue weighted by Crippen LogP contribution is -2.36. The number of alkyl carbamates (subject to hydrolysis) is 1. The second-order valence-electron chi connectivity index (χ2n) is 24.1. The van der Waals surface area contributed by atoms with E-state index in [2.05, 4.69) is 79.5 Å². The number of hydrogen-bond acceptors (Lipinski definition) is 20. The topological polar surface area (TPSA) is 286 Å². The lowest BCUT2D eigenvalue weighted by molar-refractivity contribution is -0.117. The van der Waals surface area contributed by atoms with E-state index < -0.39 is 41.9 Å². The lowest BCUT2D eigenvalue weighted by atomic mass is 9.97. The largest absolute Gasteiger partial charge is 0.444 e. The molecule has 0 aliphatic carbocycles. The number of carbonyl (C=O) groups is 4. The molecule has 25 heteroatoms. The van der Waals surface area contributed by atoms with Crippen molar-refractivity contribution < 1.29 is 42.9 Å². The first-order valence-corrected chi connectivity index (χ1v) is 32.6. The molecule has 9 rings (SSSR count). The molecule has 6 N–H and O–H groups in total. The highest BCUT2D eigenvalue weighted by Crippen LogP contribution is 2.30. The van der Waals surface area contributed by atoms with E-state index >= 15 is 4.39 Å². The Balaban J connectivity index is 0.691. The van der Waals surface area contributed by atoms with Crippen molar-refractivity contribution in [2.75, 3.05) is 21.3 Å². The maximum absolute atomic E-state index is 15.7. The molecule has 4 aromatic carbocycles. The van der Waals surface area contributed by atoms with Crippen molar-refractivity contribution in [1.82, 2.24) is 51.0 Å². The Morgan fingerprint density at radius 1 is 0.652 bits per heavy atom. The van der Waals surface area contributed by atoms with Crippen LogP contribution in [0.25, 0.3) is 0 Å². The number of unbranched alkanes of at least 4 members (excludes halogenated alkanes) is 2. The van der Waals surface area contributed by atoms with Crippen LogP contribution in [0.1, 0.15) is 147 Å². The first-order valence-electron chi connectivity index (χ1n) is 30.9. The van der Waals surface area contributed by atoms with Gasteiger partial charge in [-0.1, -0.05) is 114 Å². The molecule has 4 amide bonds. The van der Waals surface area contributed by atoms with Crippen molar-refractivity contribution in [3.8, 4) is 0 Å². The smallest absolute Gasteiger partial charge is 0.410 e. The quantitative estimate of drug-likeness (QED) is 0.0134. The van der Waals surface area contributed by atoms with Gasteiger partial charge in [0.1, 0.15) is 39.9 Å². The highest BCUT2D eigenvalue weighted by Gasteiger charge is 2.39. The zero-order valence-corrected chi connectivity index (χ0v) is 54.4. The standard InChI is InChI=1S/C67H79FN14O8S2/c1-41(2)69-65(86)88-43(4)49-22-16-20-46(34-49)37-58(84)72-63-80-78-59(91-63)25-13-11-23-51-28-31-55(76-74-51)70-57(83)36-45-19-15-21-47(33-45)39-82(66(87)90-67(5,6)7)40-50-38-48(27-30-53(50)68)42(3)61(85)71-56-32-29-52(75-77-56)24-12-14-26-60-79-81-64(92-60)73-62-54(89-62)35-44-17-9-8-10-18-44/h8-10,15-22,27-34,38,41-43,54,57,62,83H,11-14,23-26,35-37,39-40H2,1-7H3,(H,69,86)(H,70,76)(H,73,81)(H,71,77,85)(H,72,80,84)/t42?,43?,54-,57?,62?/m1/s1. The van der Waals surface area contributed by atoms with Crippen LogP contribution in [0.3, 0.4) is 0 Å². The average Bonchev–Trinajstić information content (AvgIpc) is 1.62. The van der Waals surface area contributed by atoms with E-state index in [9.17, 15) is 24.3 Å². The zero-order chi connectivity index (χ0) is 65.2. The van der Waals surface area contributed by atoms with Gasteiger partial charge in [-0.15, -0.1) is 30.6 Å². The van der Waals surface area contributed by atoms with Gasteiger partial charge in [-0.2, -0.15) is 10.2 Å². The summed E-state index contributed by atoms with van der Waals surface area (Å²) in [4.78, 5) is 53.8. The number of aliphatic hydroxyl groups excluding tert-OH is 1. The third kappa shape index (κ3) is 21.6. The van der Waals surface area contributed by atoms with Crippen molar-refractivity contribution in [3.05, 3.63) is 187 Å². The van der Waals surface area contributed by atoms with E-state index in [4.69, 9.17) is 14.2 Å². The van der Waals surface area contributed by atoms with Crippen LogP contribution < -0.4 is 26.6 Å². The lowest BCUT2D eigenvalue weighted by Gasteiger charge is -2.28. The third-order valence-corrected chi connectivity index (χ3v) is 16.5. The first kappa shape index (κ1) is 67.5. The number of halogens is 1. The van der Waals surface area contributed by atoms with E-state index in [0.29, 0.717) is 41.3 Å². The van der Waals surface area contributed by atoms with E-state index in [1.165, 1.54) is 39.2 Å². The summed E-state index contributed by atoms with van der Waals surface area (Å²) in [6.07, 6.45) is 4.73. The summed E-state index contributed by atoms with van der Waals surface area (Å²) in [5, 5.41) is 63.1. The Hall–Kier alpha value is -8.91. The minimum absolute atomic E-state index is 0.0472. The van der Waals surface area contributed by atoms with Crippen molar-refractivity contribution in [3.63, 3.8) is 0 Å². The maximum Gasteiger partial charge on any atom is 0.410 e. The van der Waals surface area contributed by atoms with E-state index in [0.717, 1.165) is 81.7 Å². The van der Waals surface area contributed by atoms with Crippen molar-refractivity contribution in [1.29, 1.82) is 0 Å². The molecule has 1 saturated heterocycles. The Kier molecular flexibility index (Phi) is 23.8. The molecule has 4 unspecified atom stereocenters. The molecule has 1 aliphatic rings. The Morgan fingerprint density at radius 2 is 1.29 bits per heavy atom. The number of nitrogens with one attached hydrogen (secondary N) is 5. The van der Waals surface area contributed by atoms with Gasteiger partial charge in [0, 0.05) is 43.8 Å². The van der Waals surface area contributed by atoms with Crippen LogP contribution in [0.2, 0.25) is 0 Å². The van der Waals surface area contributed by atoms with Gasteiger partial charge in [-0.05, 0) is 151 Å². The van der Waals surface area contributed by atoms with Gasteiger partial charge in [0.25, 0.3) is 0 Å². The monoisotopic (exact) mass is 1290 g/mol. The normalized spacial score (nSPS) is 14.6. The van der Waals surface area contributed by atoms with Crippen LogP contribution in [-0.4, -0.2) is 105 Å². The summed E-state index contributed by atoms with van der Waals surface area (Å²) < 4.78 is 32.8. The van der Waals surface area contributed by atoms with E-state index in [-0.39, 0.29) is 67.5 Å². The number of rotatable bonds is 31. The molecule has 0 bridgehead atoms. The number of ether oxygens (including phenoxy) is 3. The molecule has 1 fully saturated rings. The summed E-state index contributed by atoms with van der Waals surface area (Å²) in [6.45, 7) is 12.4. The van der Waals surface area contributed by atoms with Crippen LogP contribution in [-0.2, 0) is 81.8 Å². The summed E-state index contributed by atoms with van der Waals surface area (Å²) in [7, 11) is 0. The Morgan fingerprint density at radius 3 is 1.98 bits per heavy atom. The second-order valence-corrected chi connectivity index (χ2v) is 26.2. The number of nitrogens with zero attached hydrogens (tertiary/aromatic N) is 9. The predicted octanol–water partition coefficient (Wildman–Crippen LogP) is 11.6. The number of hydrogen-bond donors (Lipinski definition) is 6. The zero-order valence-electron chi connectivity index (χ0n) is 52.7. The molecule has 0 saturated carbocycles. The maximum atomic E-state index is 15.7. The molecule has 4 aromatic heterocycles. The van der Waals surface area contributed by atoms with Crippen LogP contribution in [0, 0.1) is 5.82 Å². The molecule has 5 atom stereocenters. The molecule has 0 spiro atoms. The minimum Gasteiger partial charge on any atom is -0.444 e. The first-order chi connectivity index (χ1) is 44.2. The van der Waals surface area contributed by atoms with Crippen LogP contribution in [0.4, 0.5) is 35.9 Å². The summed E-state index contributed by atoms with van der Waals surface area (Å²) in [5.41, 5.74) is 5.73. The molecule has 0 radical (unpaired) electrons. The van der Waals surface area contributed by atoms with E-state index in [1.54, 1.807) is 58.9 Å². The molecule has 484 valence electrons. The molecular formula is C67H79FN14O8S2. The Labute approximate surface area is 543 Å². The van der Waals surface area contributed by atoms with Crippen LogP contribution in [0.15, 0.2) is 121 Å². The third-order valence-electron chi connectivity index (χ3n) is 14.7. The van der Waals surface area contributed by atoms with Gasteiger partial charge in [0.05, 0.1) is 30.3 Å². The number of anilines is 4. The number of amides is 4. The van der Waals surface area contributed by atoms with Crippen molar-refractivity contribution >= 4 is 68.6 Å². The van der Waals surface area contributed by atoms with Crippen molar-refractivity contribution in [2.45, 2.75) is 174 Å². The molecule has 92 heavy (non-hydrogen) atoms. The highest BCUT2D eigenvalue weighted by molar-refractivity contribution is 7.15. The number of aliphatic hydroxyl groups is 1. The average molecular weight is 1290 g/mol. The molecule has 1 aliphatic heterocycles. The molecular weight excluding hydrogens is 1210 g/mol. The van der Waals surface area contributed by atoms with Gasteiger partial charge < -0.3 is 45.9 Å². The molecule has 5 heterocycles. The van der Waals surface area contributed by atoms with Crippen molar-refractivity contribution in [2.24, 2.45) is 0 Å². The second kappa shape index (κ2) is 32.4. The molecule has 8 aromatic rings. The molecule has 22 nitrogen and oxygen atoms in total. The highest BCUT2D eigenvalue weighted by atomic mass is 32.1. The Bertz CT molecular complexity index is 3720. The number of carbonyl (C=O) groups excluding carboxylic acids is 4. The summed E-state index contributed by atoms with van der Waals surface area (Å²) in [6, 6.07) is 36.6. The van der Waals surface area contributed by atoms with Gasteiger partial charge in [0.2, 0.25) is 22.1 Å². The number of aryl methyl sites for hydroxylation is 4. The summed E-state index contributed by atoms with van der Waals surface area (Å²) >= 11 is 2.86. The fourth-order valence-electron chi connectivity index (χ4n) is 9.92. The SMILES string of the molecule is CC(C)NC(=O)OC(C)c1cccc(CC(=O)Nc2nnc(CCCCc3ccc(NC(O)Cc4cccc(CN(Cc5cc(C(C)C(=O)Nc6ccc(CCCCc7nnc(NC8O[C@@H]8Cc8ccccc8)s7)nn6)ccc5F)C(=O)OC(C)(C)C)c4)nn3)s2)c1. The van der Waals surface area contributed by atoms with Gasteiger partial charge in [0.15, 0.2) is 17.9 Å². The predicted molar refractivity (Wildman–Crippen MR) is 350 cm³/mol. The van der Waals surface area contributed by atoms with Crippen LogP contribution in [0.5, 0.6) is 0 Å².